The van der Waals surface area contributed by atoms with Gasteiger partial charge in [-0.25, -0.2) is 4.79 Å². The summed E-state index contributed by atoms with van der Waals surface area (Å²) < 4.78 is 0. The van der Waals surface area contributed by atoms with Crippen LogP contribution in [0.4, 0.5) is 5.69 Å². The van der Waals surface area contributed by atoms with E-state index in [1.807, 2.05) is 19.2 Å². The quantitative estimate of drug-likeness (QED) is 0.871. The Hall–Kier alpha value is -1.51. The zero-order valence-electron chi connectivity index (χ0n) is 10.2. The van der Waals surface area contributed by atoms with Crippen LogP contribution in [-0.2, 0) is 0 Å². The maximum absolute atomic E-state index is 11.2. The Morgan fingerprint density at radius 2 is 1.88 bits per heavy atom. The summed E-state index contributed by atoms with van der Waals surface area (Å²) in [4.78, 5) is 13.3. The van der Waals surface area contributed by atoms with E-state index in [1.54, 1.807) is 12.1 Å². The fraction of sp³-hybridized carbons (Fsp3) is 0.500. The average Bonchev–Trinajstić information content (AvgIpc) is 2.39. The van der Waals surface area contributed by atoms with E-state index in [9.17, 15) is 9.90 Å². The number of hydrogen-bond donors (Lipinski definition) is 1. The van der Waals surface area contributed by atoms with Crippen LogP contribution in [-0.4, -0.2) is 24.2 Å². The molecule has 0 bridgehead atoms. The number of nitrogens with zero attached hydrogens (tertiary/aromatic N) is 1. The summed E-state index contributed by atoms with van der Waals surface area (Å²) in [5.74, 6) is -0.844. The molecule has 1 aromatic carbocycles. The van der Waals surface area contributed by atoms with Crippen molar-refractivity contribution >= 4 is 11.7 Å². The van der Waals surface area contributed by atoms with Crippen LogP contribution < -0.4 is 4.90 Å². The molecule has 0 radical (unpaired) electrons. The van der Waals surface area contributed by atoms with Gasteiger partial charge in [0, 0.05) is 13.1 Å². The highest BCUT2D eigenvalue weighted by Crippen LogP contribution is 2.28. The number of carbonyl (C=O) groups is 1. The van der Waals surface area contributed by atoms with Gasteiger partial charge in [0.25, 0.3) is 0 Å². The fourth-order valence-electron chi connectivity index (χ4n) is 2.63. The average molecular weight is 233 g/mol. The summed E-state index contributed by atoms with van der Waals surface area (Å²) in [5, 5.41) is 9.19. The van der Waals surface area contributed by atoms with Gasteiger partial charge in [0.2, 0.25) is 0 Å². The van der Waals surface area contributed by atoms with Crippen molar-refractivity contribution in [2.75, 3.05) is 11.9 Å². The topological polar surface area (TPSA) is 40.5 Å². The molecule has 1 aliphatic carbocycles. The minimum absolute atomic E-state index is 0.403. The van der Waals surface area contributed by atoms with Gasteiger partial charge in [-0.3, -0.25) is 0 Å². The molecule has 1 aromatic rings. The molecule has 1 fully saturated rings. The Labute approximate surface area is 102 Å². The molecule has 1 N–H and O–H groups in total. The van der Waals surface area contributed by atoms with Crippen LogP contribution in [0.1, 0.15) is 42.5 Å². The summed E-state index contributed by atoms with van der Waals surface area (Å²) in [6, 6.07) is 7.75. The van der Waals surface area contributed by atoms with Crippen LogP contribution in [0.5, 0.6) is 0 Å². The first-order valence-electron chi connectivity index (χ1n) is 6.25. The standard InChI is InChI=1S/C14H19NO2/c1-15(11-7-3-2-4-8-11)13-10-6-5-9-12(13)14(16)17/h5-6,9-11H,2-4,7-8H2,1H3,(H,16,17). The van der Waals surface area contributed by atoms with Gasteiger partial charge in [-0.1, -0.05) is 31.4 Å². The molecule has 0 heterocycles. The molecule has 0 aliphatic heterocycles. The molecule has 3 nitrogen and oxygen atoms in total. The first kappa shape index (κ1) is 12.0. The van der Waals surface area contributed by atoms with Crippen molar-refractivity contribution in [3.8, 4) is 0 Å². The van der Waals surface area contributed by atoms with Crippen molar-refractivity contribution < 1.29 is 9.90 Å². The van der Waals surface area contributed by atoms with Crippen molar-refractivity contribution in [2.24, 2.45) is 0 Å². The third-order valence-corrected chi connectivity index (χ3v) is 3.64. The van der Waals surface area contributed by atoms with E-state index < -0.39 is 5.97 Å². The predicted molar refractivity (Wildman–Crippen MR) is 68.7 cm³/mol. The van der Waals surface area contributed by atoms with Crippen LogP contribution in [0.25, 0.3) is 0 Å². The lowest BCUT2D eigenvalue weighted by atomic mass is 9.94. The predicted octanol–water partition coefficient (Wildman–Crippen LogP) is 3.15. The number of rotatable bonds is 3. The summed E-state index contributed by atoms with van der Waals surface area (Å²) in [5.41, 5.74) is 1.24. The van der Waals surface area contributed by atoms with Gasteiger partial charge in [-0.05, 0) is 25.0 Å². The van der Waals surface area contributed by atoms with Gasteiger partial charge in [-0.15, -0.1) is 0 Å². The number of hydrogen-bond acceptors (Lipinski definition) is 2. The third-order valence-electron chi connectivity index (χ3n) is 3.64. The highest BCUT2D eigenvalue weighted by atomic mass is 16.4. The lowest BCUT2D eigenvalue weighted by molar-refractivity contribution is 0.0697. The van der Waals surface area contributed by atoms with Gasteiger partial charge in [0.15, 0.2) is 0 Å². The smallest absolute Gasteiger partial charge is 0.337 e. The van der Waals surface area contributed by atoms with Crippen molar-refractivity contribution in [1.82, 2.24) is 0 Å². The molecule has 1 saturated carbocycles. The molecule has 0 aromatic heterocycles. The zero-order chi connectivity index (χ0) is 12.3. The molecule has 0 atom stereocenters. The van der Waals surface area contributed by atoms with Crippen molar-refractivity contribution in [2.45, 2.75) is 38.1 Å². The van der Waals surface area contributed by atoms with Crippen molar-refractivity contribution in [3.63, 3.8) is 0 Å². The van der Waals surface area contributed by atoms with Gasteiger partial charge in [-0.2, -0.15) is 0 Å². The van der Waals surface area contributed by atoms with Crippen molar-refractivity contribution in [1.29, 1.82) is 0 Å². The van der Waals surface area contributed by atoms with E-state index in [0.29, 0.717) is 11.6 Å². The lowest BCUT2D eigenvalue weighted by Crippen LogP contribution is -2.34. The van der Waals surface area contributed by atoms with E-state index in [1.165, 1.54) is 32.1 Å². The Morgan fingerprint density at radius 3 is 2.53 bits per heavy atom. The molecule has 3 heteroatoms. The first-order chi connectivity index (χ1) is 8.20. The summed E-state index contributed by atoms with van der Waals surface area (Å²) >= 11 is 0. The SMILES string of the molecule is CN(c1ccccc1C(=O)O)C1CCCCC1. The van der Waals surface area contributed by atoms with Crippen LogP contribution >= 0.6 is 0 Å². The van der Waals surface area contributed by atoms with Crippen LogP contribution in [0, 0.1) is 0 Å². The number of carboxylic acids is 1. The first-order valence-corrected chi connectivity index (χ1v) is 6.25. The second kappa shape index (κ2) is 5.21. The number of carboxylic acid groups (broad SMARTS) is 1. The highest BCUT2D eigenvalue weighted by Gasteiger charge is 2.21. The highest BCUT2D eigenvalue weighted by molar-refractivity contribution is 5.94. The number of aromatic carboxylic acids is 1. The molecular weight excluding hydrogens is 214 g/mol. The maximum atomic E-state index is 11.2. The van der Waals surface area contributed by atoms with Crippen LogP contribution in [0.3, 0.4) is 0 Å². The second-order valence-corrected chi connectivity index (χ2v) is 4.73. The Kier molecular flexibility index (Phi) is 3.67. The van der Waals surface area contributed by atoms with Crippen LogP contribution in [0.15, 0.2) is 24.3 Å². The molecule has 0 saturated heterocycles. The third kappa shape index (κ3) is 2.60. The van der Waals surface area contributed by atoms with Gasteiger partial charge in [0.05, 0.1) is 11.3 Å². The molecular formula is C14H19NO2. The molecule has 2 rings (SSSR count). The molecule has 0 spiro atoms. The van der Waals surface area contributed by atoms with E-state index in [0.717, 1.165) is 5.69 Å². The monoisotopic (exact) mass is 233 g/mol. The molecule has 0 unspecified atom stereocenters. The van der Waals surface area contributed by atoms with Gasteiger partial charge in [0.1, 0.15) is 0 Å². The van der Waals surface area contributed by atoms with E-state index in [4.69, 9.17) is 0 Å². The van der Waals surface area contributed by atoms with Crippen LogP contribution in [0.2, 0.25) is 0 Å². The largest absolute Gasteiger partial charge is 0.478 e. The van der Waals surface area contributed by atoms with E-state index >= 15 is 0 Å². The number of anilines is 1. The van der Waals surface area contributed by atoms with E-state index in [-0.39, 0.29) is 0 Å². The Morgan fingerprint density at radius 1 is 1.24 bits per heavy atom. The van der Waals surface area contributed by atoms with Crippen molar-refractivity contribution in [3.05, 3.63) is 29.8 Å². The van der Waals surface area contributed by atoms with E-state index in [2.05, 4.69) is 4.90 Å². The summed E-state index contributed by atoms with van der Waals surface area (Å²) in [7, 11) is 2.01. The summed E-state index contributed by atoms with van der Waals surface area (Å²) in [6.07, 6.45) is 6.16. The lowest BCUT2D eigenvalue weighted by Gasteiger charge is -2.33. The molecule has 1 aliphatic rings. The fourth-order valence-corrected chi connectivity index (χ4v) is 2.63. The second-order valence-electron chi connectivity index (χ2n) is 4.73. The molecule has 17 heavy (non-hydrogen) atoms. The number of para-hydroxylation sites is 1. The van der Waals surface area contributed by atoms with Gasteiger partial charge < -0.3 is 10.0 Å². The Bertz CT molecular complexity index is 397. The van der Waals surface area contributed by atoms with Gasteiger partial charge >= 0.3 is 5.97 Å². The molecule has 92 valence electrons. The normalized spacial score (nSPS) is 16.8. The minimum Gasteiger partial charge on any atom is -0.478 e. The maximum Gasteiger partial charge on any atom is 0.337 e. The summed E-state index contributed by atoms with van der Waals surface area (Å²) in [6.45, 7) is 0. The molecule has 0 amide bonds. The Balaban J connectivity index is 2.23. The number of benzene rings is 1. The minimum atomic E-state index is -0.844. The zero-order valence-corrected chi connectivity index (χ0v) is 10.2.